The van der Waals surface area contributed by atoms with Crippen LogP contribution in [0.15, 0.2) is 15.8 Å². The Labute approximate surface area is 57.7 Å². The first-order valence-electron chi connectivity index (χ1n) is 2.70. The average Bonchev–Trinajstić information content (AvgIpc) is 2.34. The molecule has 10 heavy (non-hydrogen) atoms. The zero-order valence-corrected chi connectivity index (χ0v) is 5.53. The lowest BCUT2D eigenvalue weighted by Crippen LogP contribution is -2.15. The van der Waals surface area contributed by atoms with Gasteiger partial charge in [0.15, 0.2) is 11.7 Å². The molecule has 0 radical (unpaired) electrons. The normalized spacial score (nSPS) is 11.9. The second-order valence-corrected chi connectivity index (χ2v) is 1.77. The molecule has 0 unspecified atom stereocenters. The second-order valence-electron chi connectivity index (χ2n) is 1.77. The fourth-order valence-electron chi connectivity index (χ4n) is 0.547. The summed E-state index contributed by atoms with van der Waals surface area (Å²) in [7, 11) is 0. The maximum absolute atomic E-state index is 5.31. The predicted molar refractivity (Wildman–Crippen MR) is 36.2 cm³/mol. The molecule has 0 spiro atoms. The summed E-state index contributed by atoms with van der Waals surface area (Å²) >= 11 is 0. The van der Waals surface area contributed by atoms with Gasteiger partial charge in [-0.1, -0.05) is 0 Å². The fraction of sp³-hybridized carbons (Fsp3) is 0.200. The predicted octanol–water partition coefficient (Wildman–Crippen LogP) is -0.438. The Morgan fingerprint density at radius 2 is 2.50 bits per heavy atom. The molecular formula is C5H8N4O. The molecule has 0 aliphatic heterocycles. The van der Waals surface area contributed by atoms with Crippen molar-refractivity contribution in [2.24, 2.45) is 16.7 Å². The molecule has 0 fully saturated rings. The summed E-state index contributed by atoms with van der Waals surface area (Å²) in [4.78, 5) is 3.88. The zero-order valence-electron chi connectivity index (χ0n) is 5.53. The van der Waals surface area contributed by atoms with E-state index in [-0.39, 0.29) is 5.84 Å². The number of nitrogens with two attached hydrogens (primary N) is 2. The largest absolute Gasteiger partial charge is 0.449 e. The van der Waals surface area contributed by atoms with Gasteiger partial charge < -0.3 is 16.0 Å². The van der Waals surface area contributed by atoms with Crippen molar-refractivity contribution in [2.75, 3.05) is 0 Å². The molecule has 4 N–H and O–H groups in total. The number of oxazole rings is 1. The van der Waals surface area contributed by atoms with Crippen LogP contribution in [-0.4, -0.2) is 10.8 Å². The van der Waals surface area contributed by atoms with E-state index in [1.165, 1.54) is 6.26 Å². The molecule has 0 bridgehead atoms. The maximum atomic E-state index is 5.31. The van der Waals surface area contributed by atoms with Crippen molar-refractivity contribution in [3.63, 3.8) is 0 Å². The molecule has 0 aromatic carbocycles. The van der Waals surface area contributed by atoms with Gasteiger partial charge >= 0.3 is 0 Å². The van der Waals surface area contributed by atoms with E-state index in [0.717, 1.165) is 0 Å². The molecular weight excluding hydrogens is 132 g/mol. The lowest BCUT2D eigenvalue weighted by Gasteiger charge is -1.86. The van der Waals surface area contributed by atoms with Gasteiger partial charge in [0.1, 0.15) is 12.0 Å². The summed E-state index contributed by atoms with van der Waals surface area (Å²) in [6.45, 7) is 1.72. The Kier molecular flexibility index (Phi) is 1.57. The van der Waals surface area contributed by atoms with Crippen molar-refractivity contribution in [3.05, 3.63) is 17.8 Å². The Hall–Kier alpha value is -1.52. The Morgan fingerprint density at radius 1 is 1.80 bits per heavy atom. The number of aryl methyl sites for hydroxylation is 1. The number of nitrogens with zero attached hydrogens (tertiary/aromatic N) is 2. The number of aromatic nitrogens is 1. The third kappa shape index (κ3) is 1.07. The second kappa shape index (κ2) is 2.38. The molecule has 1 aromatic rings. The highest BCUT2D eigenvalue weighted by Gasteiger charge is 2.02. The maximum Gasteiger partial charge on any atom is 0.191 e. The highest BCUT2D eigenvalue weighted by atomic mass is 16.3. The number of amidine groups is 1. The van der Waals surface area contributed by atoms with Crippen molar-refractivity contribution >= 4 is 5.84 Å². The summed E-state index contributed by atoms with van der Waals surface area (Å²) in [6, 6.07) is 0. The average molecular weight is 140 g/mol. The first-order valence-corrected chi connectivity index (χ1v) is 2.70. The van der Waals surface area contributed by atoms with Gasteiger partial charge in [-0.2, -0.15) is 5.10 Å². The summed E-state index contributed by atoms with van der Waals surface area (Å²) in [5, 5.41) is 3.24. The smallest absolute Gasteiger partial charge is 0.191 e. The fourth-order valence-corrected chi connectivity index (χ4v) is 0.547. The molecule has 5 heteroatoms. The molecule has 0 saturated carbocycles. The molecule has 5 nitrogen and oxygen atoms in total. The van der Waals surface area contributed by atoms with Gasteiger partial charge in [-0.15, -0.1) is 0 Å². The lowest BCUT2D eigenvalue weighted by molar-refractivity contribution is 0.521. The molecule has 0 saturated heterocycles. The number of rotatable bonds is 1. The van der Waals surface area contributed by atoms with Crippen LogP contribution in [0.4, 0.5) is 0 Å². The minimum absolute atomic E-state index is 0.178. The Bertz CT molecular complexity index is 252. The van der Waals surface area contributed by atoms with Crippen LogP contribution in [0.5, 0.6) is 0 Å². The Balaban J connectivity index is 2.95. The van der Waals surface area contributed by atoms with Crippen molar-refractivity contribution < 1.29 is 4.42 Å². The molecule has 0 atom stereocenters. The van der Waals surface area contributed by atoms with Crippen LogP contribution in [0, 0.1) is 6.92 Å². The van der Waals surface area contributed by atoms with Crippen LogP contribution in [-0.2, 0) is 0 Å². The van der Waals surface area contributed by atoms with E-state index in [1.807, 2.05) is 0 Å². The first-order chi connectivity index (χ1) is 4.74. The number of hydrogen-bond donors (Lipinski definition) is 2. The van der Waals surface area contributed by atoms with Gasteiger partial charge in [-0.25, -0.2) is 4.98 Å². The van der Waals surface area contributed by atoms with E-state index in [0.29, 0.717) is 11.6 Å². The van der Waals surface area contributed by atoms with Crippen LogP contribution in [0.3, 0.4) is 0 Å². The lowest BCUT2D eigenvalue weighted by atomic mass is 10.5. The van der Waals surface area contributed by atoms with Crippen molar-refractivity contribution in [1.82, 2.24) is 4.98 Å². The van der Waals surface area contributed by atoms with E-state index >= 15 is 0 Å². The monoisotopic (exact) mass is 140 g/mol. The third-order valence-corrected chi connectivity index (χ3v) is 1.02. The SMILES string of the molecule is Cc1nc(/C(N)=N/N)co1. The summed E-state index contributed by atoms with van der Waals surface area (Å²) in [5.41, 5.74) is 5.78. The van der Waals surface area contributed by atoms with Gasteiger partial charge in [0.05, 0.1) is 0 Å². The molecule has 0 aliphatic rings. The van der Waals surface area contributed by atoms with E-state index < -0.39 is 0 Å². The van der Waals surface area contributed by atoms with Crippen LogP contribution < -0.4 is 11.6 Å². The van der Waals surface area contributed by atoms with Crippen LogP contribution in [0.25, 0.3) is 0 Å². The summed E-state index contributed by atoms with van der Waals surface area (Å²) < 4.78 is 4.86. The molecule has 0 amide bonds. The van der Waals surface area contributed by atoms with Crippen LogP contribution >= 0.6 is 0 Å². The standard InChI is InChI=1S/C5H8N4O/c1-3-8-4(2-10-3)5(6)9-7/h2H,7H2,1H3,(H2,6,9). The van der Waals surface area contributed by atoms with Gasteiger partial charge in [0, 0.05) is 6.92 Å². The van der Waals surface area contributed by atoms with Gasteiger partial charge in [-0.3, -0.25) is 0 Å². The number of hydrazone groups is 1. The van der Waals surface area contributed by atoms with Crippen molar-refractivity contribution in [1.29, 1.82) is 0 Å². The van der Waals surface area contributed by atoms with E-state index in [9.17, 15) is 0 Å². The van der Waals surface area contributed by atoms with Crippen LogP contribution in [0.1, 0.15) is 11.6 Å². The minimum Gasteiger partial charge on any atom is -0.449 e. The van der Waals surface area contributed by atoms with E-state index in [2.05, 4.69) is 10.1 Å². The Morgan fingerprint density at radius 3 is 2.90 bits per heavy atom. The third-order valence-electron chi connectivity index (χ3n) is 1.02. The molecule has 1 heterocycles. The van der Waals surface area contributed by atoms with E-state index in [4.69, 9.17) is 16.0 Å². The summed E-state index contributed by atoms with van der Waals surface area (Å²) in [5.74, 6) is 5.62. The van der Waals surface area contributed by atoms with Gasteiger partial charge in [0.2, 0.25) is 0 Å². The van der Waals surface area contributed by atoms with Gasteiger partial charge in [0.25, 0.3) is 0 Å². The van der Waals surface area contributed by atoms with Crippen molar-refractivity contribution in [3.8, 4) is 0 Å². The van der Waals surface area contributed by atoms with Gasteiger partial charge in [-0.05, 0) is 0 Å². The highest BCUT2D eigenvalue weighted by Crippen LogP contribution is 1.98. The minimum atomic E-state index is 0.178. The van der Waals surface area contributed by atoms with Crippen molar-refractivity contribution in [2.45, 2.75) is 6.92 Å². The molecule has 1 rings (SSSR count). The summed E-state index contributed by atoms with van der Waals surface area (Å²) in [6.07, 6.45) is 1.40. The van der Waals surface area contributed by atoms with Crippen LogP contribution in [0.2, 0.25) is 0 Å². The van der Waals surface area contributed by atoms with E-state index in [1.54, 1.807) is 6.92 Å². The molecule has 54 valence electrons. The first kappa shape index (κ1) is 6.60. The number of hydrogen-bond acceptors (Lipinski definition) is 4. The quantitative estimate of drug-likeness (QED) is 0.239. The molecule has 0 aliphatic carbocycles. The highest BCUT2D eigenvalue weighted by molar-refractivity contribution is 5.95. The molecule has 1 aromatic heterocycles. The topological polar surface area (TPSA) is 90.4 Å². The zero-order chi connectivity index (χ0) is 7.56.